The van der Waals surface area contributed by atoms with E-state index in [-0.39, 0.29) is 29.7 Å². The topological polar surface area (TPSA) is 61.4 Å². The minimum Gasteiger partial charge on any atom is -0.357 e. The lowest BCUT2D eigenvalue weighted by atomic mass is 9.99. The van der Waals surface area contributed by atoms with Crippen molar-refractivity contribution in [3.05, 3.63) is 0 Å². The number of hydrogen-bond donors (Lipinski definition) is 2. The van der Waals surface area contributed by atoms with Gasteiger partial charge in [0, 0.05) is 7.05 Å². The number of carbonyl (C=O) groups is 2. The summed E-state index contributed by atoms with van der Waals surface area (Å²) in [4.78, 5) is 25.8. The van der Waals surface area contributed by atoms with Gasteiger partial charge >= 0.3 is 0 Å². The Labute approximate surface area is 110 Å². The first-order chi connectivity index (χ1) is 8.22. The first-order valence-electron chi connectivity index (χ1n) is 6.40. The van der Waals surface area contributed by atoms with E-state index in [4.69, 9.17) is 0 Å². The molecule has 0 heterocycles. The molecule has 2 atom stereocenters. The molecule has 0 aromatic heterocycles. The Kier molecular flexibility index (Phi) is 6.91. The second-order valence-electron chi connectivity index (χ2n) is 5.50. The van der Waals surface area contributed by atoms with Crippen molar-refractivity contribution in [1.82, 2.24) is 15.5 Å². The molecular weight excluding hydrogens is 230 g/mol. The first-order valence-corrected chi connectivity index (χ1v) is 6.40. The van der Waals surface area contributed by atoms with Crippen molar-refractivity contribution in [2.45, 2.75) is 39.8 Å². The molecule has 0 aromatic carbocycles. The molecule has 0 fully saturated rings. The highest BCUT2D eigenvalue weighted by Crippen LogP contribution is 2.09. The fraction of sp³-hybridized carbons (Fsp3) is 0.846. The largest absolute Gasteiger partial charge is 0.357 e. The number of likely N-dealkylation sites (N-methyl/N-ethyl adjacent to an activating group) is 2. The number of rotatable bonds is 6. The van der Waals surface area contributed by atoms with Gasteiger partial charge in [-0.1, -0.05) is 27.7 Å². The Morgan fingerprint density at radius 2 is 1.44 bits per heavy atom. The van der Waals surface area contributed by atoms with Crippen molar-refractivity contribution in [3.63, 3.8) is 0 Å². The van der Waals surface area contributed by atoms with Crippen molar-refractivity contribution in [3.8, 4) is 0 Å². The molecule has 0 radical (unpaired) electrons. The van der Waals surface area contributed by atoms with Crippen LogP contribution in [0.15, 0.2) is 0 Å². The lowest BCUT2D eigenvalue weighted by Gasteiger charge is -2.29. The summed E-state index contributed by atoms with van der Waals surface area (Å²) in [5, 5.41) is 5.42. The zero-order valence-electron chi connectivity index (χ0n) is 12.6. The Hall–Kier alpha value is -1.10. The summed E-state index contributed by atoms with van der Waals surface area (Å²) >= 11 is 0. The molecule has 0 saturated carbocycles. The molecule has 2 N–H and O–H groups in total. The normalized spacial score (nSPS) is 14.8. The molecule has 5 nitrogen and oxygen atoms in total. The molecule has 0 unspecified atom stereocenters. The molecule has 0 spiro atoms. The third kappa shape index (κ3) is 4.64. The Balaban J connectivity index is 4.82. The van der Waals surface area contributed by atoms with Crippen molar-refractivity contribution in [1.29, 1.82) is 0 Å². The molecule has 0 aliphatic carbocycles. The number of nitrogens with one attached hydrogen (secondary N) is 2. The summed E-state index contributed by atoms with van der Waals surface area (Å²) in [5.41, 5.74) is 0. The van der Waals surface area contributed by atoms with E-state index >= 15 is 0 Å². The third-order valence-electron chi connectivity index (χ3n) is 2.95. The number of amides is 2. The van der Waals surface area contributed by atoms with Crippen LogP contribution in [0.4, 0.5) is 0 Å². The molecule has 0 rings (SSSR count). The van der Waals surface area contributed by atoms with Crippen molar-refractivity contribution >= 4 is 11.8 Å². The predicted octanol–water partition coefficient (Wildman–Crippen LogP) is 0.459. The molecule has 0 aromatic rings. The van der Waals surface area contributed by atoms with Crippen LogP contribution in [0.5, 0.6) is 0 Å². The quantitative estimate of drug-likeness (QED) is 0.726. The molecule has 5 heteroatoms. The van der Waals surface area contributed by atoms with E-state index in [1.54, 1.807) is 7.05 Å². The van der Waals surface area contributed by atoms with Gasteiger partial charge in [-0.3, -0.25) is 14.5 Å². The fourth-order valence-electron chi connectivity index (χ4n) is 2.06. The minimum atomic E-state index is -0.483. The lowest BCUT2D eigenvalue weighted by Crippen LogP contribution is -2.55. The highest BCUT2D eigenvalue weighted by Gasteiger charge is 2.29. The van der Waals surface area contributed by atoms with Crippen molar-refractivity contribution < 1.29 is 9.59 Å². The molecule has 106 valence electrons. The molecule has 2 amide bonds. The van der Waals surface area contributed by atoms with E-state index in [1.165, 1.54) is 0 Å². The van der Waals surface area contributed by atoms with Gasteiger partial charge in [0.2, 0.25) is 11.8 Å². The summed E-state index contributed by atoms with van der Waals surface area (Å²) < 4.78 is 0. The average molecular weight is 257 g/mol. The highest BCUT2D eigenvalue weighted by atomic mass is 16.2. The van der Waals surface area contributed by atoms with Gasteiger partial charge < -0.3 is 10.6 Å². The van der Waals surface area contributed by atoms with Gasteiger partial charge in [0.25, 0.3) is 0 Å². The molecule has 0 saturated heterocycles. The van der Waals surface area contributed by atoms with Crippen LogP contribution in [0.2, 0.25) is 0 Å². The molecular formula is C13H27N3O2. The zero-order chi connectivity index (χ0) is 14.5. The average Bonchev–Trinajstić information content (AvgIpc) is 2.23. The van der Waals surface area contributed by atoms with Crippen molar-refractivity contribution in [2.75, 3.05) is 21.1 Å². The van der Waals surface area contributed by atoms with Crippen LogP contribution >= 0.6 is 0 Å². The van der Waals surface area contributed by atoms with E-state index in [1.807, 2.05) is 46.7 Å². The van der Waals surface area contributed by atoms with Gasteiger partial charge in [0.05, 0.1) is 6.04 Å². The Bertz CT molecular complexity index is 280. The maximum Gasteiger partial charge on any atom is 0.242 e. The van der Waals surface area contributed by atoms with Gasteiger partial charge in [-0.25, -0.2) is 0 Å². The van der Waals surface area contributed by atoms with Crippen LogP contribution in [0.3, 0.4) is 0 Å². The second kappa shape index (κ2) is 7.36. The van der Waals surface area contributed by atoms with E-state index in [2.05, 4.69) is 10.6 Å². The summed E-state index contributed by atoms with van der Waals surface area (Å²) in [6.07, 6.45) is 0. The summed E-state index contributed by atoms with van der Waals surface area (Å²) in [7, 11) is 5.32. The van der Waals surface area contributed by atoms with Gasteiger partial charge in [-0.05, 0) is 25.9 Å². The van der Waals surface area contributed by atoms with Crippen molar-refractivity contribution in [2.24, 2.45) is 11.8 Å². The van der Waals surface area contributed by atoms with Crippen LogP contribution in [0.1, 0.15) is 27.7 Å². The molecule has 0 aliphatic rings. The summed E-state index contributed by atoms with van der Waals surface area (Å²) in [5.74, 6) is -0.00159. The second-order valence-corrected chi connectivity index (χ2v) is 5.50. The van der Waals surface area contributed by atoms with E-state index in [9.17, 15) is 9.59 Å². The molecule has 0 aliphatic heterocycles. The zero-order valence-corrected chi connectivity index (χ0v) is 12.6. The maximum atomic E-state index is 12.2. The van der Waals surface area contributed by atoms with Crippen LogP contribution in [-0.2, 0) is 9.59 Å². The van der Waals surface area contributed by atoms with Gasteiger partial charge in [0.1, 0.15) is 6.04 Å². The smallest absolute Gasteiger partial charge is 0.242 e. The SMILES string of the molecule is CNC(=O)[C@@H](NC(=O)[C@@H](C(C)C)N(C)C)C(C)C. The Morgan fingerprint density at radius 1 is 0.944 bits per heavy atom. The van der Waals surface area contributed by atoms with E-state index < -0.39 is 6.04 Å². The highest BCUT2D eigenvalue weighted by molar-refractivity contribution is 5.89. The van der Waals surface area contributed by atoms with Gasteiger partial charge in [0.15, 0.2) is 0 Å². The minimum absolute atomic E-state index is 0.0591. The third-order valence-corrected chi connectivity index (χ3v) is 2.95. The molecule has 18 heavy (non-hydrogen) atoms. The van der Waals surface area contributed by atoms with Gasteiger partial charge in [-0.2, -0.15) is 0 Å². The van der Waals surface area contributed by atoms with Crippen LogP contribution in [-0.4, -0.2) is 49.9 Å². The van der Waals surface area contributed by atoms with E-state index in [0.29, 0.717) is 0 Å². The van der Waals surface area contributed by atoms with Crippen LogP contribution < -0.4 is 10.6 Å². The number of hydrogen-bond acceptors (Lipinski definition) is 3. The summed E-state index contributed by atoms with van der Waals surface area (Å²) in [6, 6.07) is -0.709. The summed E-state index contributed by atoms with van der Waals surface area (Å²) in [6.45, 7) is 7.82. The number of nitrogens with zero attached hydrogens (tertiary/aromatic N) is 1. The first kappa shape index (κ1) is 16.9. The van der Waals surface area contributed by atoms with Crippen LogP contribution in [0, 0.1) is 11.8 Å². The predicted molar refractivity (Wildman–Crippen MR) is 73.1 cm³/mol. The van der Waals surface area contributed by atoms with Gasteiger partial charge in [-0.15, -0.1) is 0 Å². The fourth-order valence-corrected chi connectivity index (χ4v) is 2.06. The lowest BCUT2D eigenvalue weighted by molar-refractivity contribution is -0.133. The standard InChI is InChI=1S/C13H27N3O2/c1-8(2)10(12(17)14-5)15-13(18)11(9(3)4)16(6)7/h8-11H,1-7H3,(H,14,17)(H,15,18)/t10-,11+/m0/s1. The monoisotopic (exact) mass is 257 g/mol. The molecule has 0 bridgehead atoms. The van der Waals surface area contributed by atoms with Crippen LogP contribution in [0.25, 0.3) is 0 Å². The maximum absolute atomic E-state index is 12.2. The number of carbonyl (C=O) groups excluding carboxylic acids is 2. The van der Waals surface area contributed by atoms with E-state index in [0.717, 1.165) is 0 Å². The Morgan fingerprint density at radius 3 is 1.72 bits per heavy atom.